The predicted molar refractivity (Wildman–Crippen MR) is 113 cm³/mol. The summed E-state index contributed by atoms with van der Waals surface area (Å²) in [5.74, 6) is 0.0939. The number of hydrogen-bond donors (Lipinski definition) is 3. The molecule has 6 heteroatoms. The molecule has 0 bridgehead atoms. The van der Waals surface area contributed by atoms with Gasteiger partial charge in [-0.05, 0) is 48.2 Å². The molecule has 6 nitrogen and oxygen atoms in total. The Morgan fingerprint density at radius 3 is 2.43 bits per heavy atom. The van der Waals surface area contributed by atoms with Gasteiger partial charge in [0, 0.05) is 37.2 Å². The topological polar surface area (TPSA) is 79.5 Å². The van der Waals surface area contributed by atoms with Crippen molar-refractivity contribution in [1.82, 2.24) is 5.32 Å². The van der Waals surface area contributed by atoms with Gasteiger partial charge in [0.2, 0.25) is 5.91 Å². The van der Waals surface area contributed by atoms with Crippen molar-refractivity contribution in [2.24, 2.45) is 0 Å². The molecule has 2 aromatic rings. The summed E-state index contributed by atoms with van der Waals surface area (Å²) in [5.41, 5.74) is 3.31. The lowest BCUT2D eigenvalue weighted by atomic mass is 10.0. The molecule has 0 saturated carbocycles. The maximum atomic E-state index is 12.3. The second kappa shape index (κ2) is 11.1. The van der Waals surface area contributed by atoms with Crippen molar-refractivity contribution < 1.29 is 14.3 Å². The molecule has 0 unspecified atom stereocenters. The summed E-state index contributed by atoms with van der Waals surface area (Å²) in [7, 11) is 1.64. The molecule has 2 amide bonds. The van der Waals surface area contributed by atoms with Crippen LogP contribution in [0.4, 0.5) is 11.4 Å². The highest BCUT2D eigenvalue weighted by Gasteiger charge is 2.09. The summed E-state index contributed by atoms with van der Waals surface area (Å²) in [5, 5.41) is 8.87. The van der Waals surface area contributed by atoms with E-state index in [4.69, 9.17) is 4.74 Å². The smallest absolute Gasteiger partial charge is 0.251 e. The number of carbonyl (C=O) groups is 2. The summed E-state index contributed by atoms with van der Waals surface area (Å²) >= 11 is 0. The van der Waals surface area contributed by atoms with Crippen molar-refractivity contribution in [3.63, 3.8) is 0 Å². The van der Waals surface area contributed by atoms with E-state index >= 15 is 0 Å². The van der Waals surface area contributed by atoms with Gasteiger partial charge in [-0.15, -0.1) is 0 Å². The fourth-order valence-corrected chi connectivity index (χ4v) is 2.75. The van der Waals surface area contributed by atoms with Crippen molar-refractivity contribution in [3.05, 3.63) is 59.7 Å². The predicted octanol–water partition coefficient (Wildman–Crippen LogP) is 3.63. The summed E-state index contributed by atoms with van der Waals surface area (Å²) in [6, 6.07) is 14.9. The zero-order valence-electron chi connectivity index (χ0n) is 16.7. The van der Waals surface area contributed by atoms with Crippen molar-refractivity contribution in [2.75, 3.05) is 37.4 Å². The first-order valence-electron chi connectivity index (χ1n) is 9.51. The van der Waals surface area contributed by atoms with Crippen molar-refractivity contribution in [1.29, 1.82) is 0 Å². The molecule has 2 rings (SSSR count). The minimum atomic E-state index is -0.120. The Balaban J connectivity index is 1.83. The van der Waals surface area contributed by atoms with E-state index in [9.17, 15) is 9.59 Å². The lowest BCUT2D eigenvalue weighted by Crippen LogP contribution is -2.25. The highest BCUT2D eigenvalue weighted by Crippen LogP contribution is 2.23. The average Bonchev–Trinajstić information content (AvgIpc) is 2.70. The highest BCUT2D eigenvalue weighted by molar-refractivity contribution is 5.95. The van der Waals surface area contributed by atoms with Crippen LogP contribution in [-0.2, 0) is 9.53 Å². The molecule has 0 saturated heterocycles. The number of benzene rings is 2. The average molecular weight is 383 g/mol. The van der Waals surface area contributed by atoms with Crippen LogP contribution < -0.4 is 16.0 Å². The van der Waals surface area contributed by atoms with Gasteiger partial charge in [0.15, 0.2) is 0 Å². The largest absolute Gasteiger partial charge is 0.385 e. The van der Waals surface area contributed by atoms with Crippen LogP contribution in [0.25, 0.3) is 0 Å². The van der Waals surface area contributed by atoms with Gasteiger partial charge < -0.3 is 20.7 Å². The minimum absolute atomic E-state index is 0.118. The number of anilines is 2. The van der Waals surface area contributed by atoms with E-state index in [1.54, 1.807) is 31.4 Å². The van der Waals surface area contributed by atoms with Crippen LogP contribution in [0.5, 0.6) is 0 Å². The van der Waals surface area contributed by atoms with Gasteiger partial charge >= 0.3 is 0 Å². The molecule has 2 aromatic carbocycles. The van der Waals surface area contributed by atoms with E-state index in [1.807, 2.05) is 24.3 Å². The third-order valence-electron chi connectivity index (χ3n) is 4.27. The van der Waals surface area contributed by atoms with Crippen molar-refractivity contribution >= 4 is 23.2 Å². The molecule has 0 atom stereocenters. The van der Waals surface area contributed by atoms with Crippen LogP contribution in [0.15, 0.2) is 48.5 Å². The van der Waals surface area contributed by atoms with Crippen LogP contribution >= 0.6 is 0 Å². The second-order valence-electron chi connectivity index (χ2n) is 6.82. The molecule has 0 fully saturated rings. The zero-order valence-corrected chi connectivity index (χ0v) is 16.7. The SMILES string of the molecule is COCCCNC(=O)c1ccc(NCC(=O)Nc2ccccc2C(C)C)cc1. The highest BCUT2D eigenvalue weighted by atomic mass is 16.5. The third kappa shape index (κ3) is 6.70. The molecule has 0 radical (unpaired) electrons. The molecule has 0 aliphatic rings. The van der Waals surface area contributed by atoms with Gasteiger partial charge in [-0.1, -0.05) is 32.0 Å². The summed E-state index contributed by atoms with van der Waals surface area (Å²) < 4.78 is 4.95. The summed E-state index contributed by atoms with van der Waals surface area (Å²) in [4.78, 5) is 24.3. The quantitative estimate of drug-likeness (QED) is 0.548. The summed E-state index contributed by atoms with van der Waals surface area (Å²) in [6.07, 6.45) is 0.775. The number of carbonyl (C=O) groups excluding carboxylic acids is 2. The Kier molecular flexibility index (Phi) is 8.49. The molecule has 3 N–H and O–H groups in total. The van der Waals surface area contributed by atoms with Gasteiger partial charge in [0.05, 0.1) is 6.54 Å². The van der Waals surface area contributed by atoms with Crippen LogP contribution in [0.2, 0.25) is 0 Å². The number of rotatable bonds is 10. The van der Waals surface area contributed by atoms with Gasteiger partial charge in [0.1, 0.15) is 0 Å². The minimum Gasteiger partial charge on any atom is -0.385 e. The Labute approximate surface area is 166 Å². The van der Waals surface area contributed by atoms with Crippen LogP contribution in [0.1, 0.15) is 42.1 Å². The maximum Gasteiger partial charge on any atom is 0.251 e. The van der Waals surface area contributed by atoms with Crippen LogP contribution in [0.3, 0.4) is 0 Å². The van der Waals surface area contributed by atoms with Gasteiger partial charge in [-0.25, -0.2) is 0 Å². The molecule has 0 spiro atoms. The van der Waals surface area contributed by atoms with Crippen molar-refractivity contribution in [3.8, 4) is 0 Å². The van der Waals surface area contributed by atoms with Crippen molar-refractivity contribution in [2.45, 2.75) is 26.2 Å². The van der Waals surface area contributed by atoms with E-state index in [-0.39, 0.29) is 18.4 Å². The Bertz CT molecular complexity index is 773. The van der Waals surface area contributed by atoms with E-state index in [2.05, 4.69) is 29.8 Å². The molecule has 150 valence electrons. The Morgan fingerprint density at radius 2 is 1.75 bits per heavy atom. The molecule has 28 heavy (non-hydrogen) atoms. The second-order valence-corrected chi connectivity index (χ2v) is 6.82. The number of amides is 2. The van der Waals surface area contributed by atoms with Gasteiger partial charge in [-0.2, -0.15) is 0 Å². The van der Waals surface area contributed by atoms with Gasteiger partial charge in [-0.3, -0.25) is 9.59 Å². The number of hydrogen-bond acceptors (Lipinski definition) is 4. The molecular weight excluding hydrogens is 354 g/mol. The molecule has 0 aromatic heterocycles. The normalized spacial score (nSPS) is 10.6. The number of methoxy groups -OCH3 is 1. The van der Waals surface area contributed by atoms with Gasteiger partial charge in [0.25, 0.3) is 5.91 Å². The molecule has 0 heterocycles. The van der Waals surface area contributed by atoms with E-state index < -0.39 is 0 Å². The number of nitrogens with one attached hydrogen (secondary N) is 3. The number of para-hydroxylation sites is 1. The molecule has 0 aliphatic heterocycles. The third-order valence-corrected chi connectivity index (χ3v) is 4.27. The first kappa shape index (κ1) is 21.4. The lowest BCUT2D eigenvalue weighted by Gasteiger charge is -2.14. The van der Waals surface area contributed by atoms with E-state index in [0.29, 0.717) is 24.6 Å². The summed E-state index contributed by atoms with van der Waals surface area (Å²) in [6.45, 7) is 5.53. The number of ether oxygens (including phenoxy) is 1. The zero-order chi connectivity index (χ0) is 20.4. The van der Waals surface area contributed by atoms with Crippen LogP contribution in [0, 0.1) is 0 Å². The first-order chi connectivity index (χ1) is 13.5. The van der Waals surface area contributed by atoms with E-state index in [0.717, 1.165) is 23.4 Å². The molecular formula is C22H29N3O3. The molecule has 0 aliphatic carbocycles. The maximum absolute atomic E-state index is 12.3. The standard InChI is InChI=1S/C22H29N3O3/c1-16(2)19-7-4-5-8-20(19)25-21(26)15-24-18-11-9-17(10-12-18)22(27)23-13-6-14-28-3/h4-5,7-12,16,24H,6,13-15H2,1-3H3,(H,23,27)(H,25,26). The van der Waals surface area contributed by atoms with Crippen LogP contribution in [-0.4, -0.2) is 38.6 Å². The monoisotopic (exact) mass is 383 g/mol. The lowest BCUT2D eigenvalue weighted by molar-refractivity contribution is -0.114. The van der Waals surface area contributed by atoms with E-state index in [1.165, 1.54) is 0 Å². The Morgan fingerprint density at radius 1 is 1.04 bits per heavy atom. The fraction of sp³-hybridized carbons (Fsp3) is 0.364. The first-order valence-corrected chi connectivity index (χ1v) is 9.51. The Hall–Kier alpha value is -2.86. The fourth-order valence-electron chi connectivity index (χ4n) is 2.75.